The first-order valence-corrected chi connectivity index (χ1v) is 59.1. The van der Waals surface area contributed by atoms with Gasteiger partial charge in [0.15, 0.2) is 0 Å². The van der Waals surface area contributed by atoms with Gasteiger partial charge in [-0.15, -0.1) is 0 Å². The molecule has 12 rings (SSSR count). The SMILES string of the molecule is C.COC1=CCC(CCCN[C@H](c2ccccc2)[C@H](NS(=O)(=O)c2ccc(C)cc2)c2ccccc2)=CC1.COc1ccc(CCC[NH2+][C@H](c2ccccc2)[C@H](NS(=O)(=O)c2ccc(C)cc2)c2ccccc2)cc1.COc1ccc(CCC[NH2+][C@H](c2ccccc2)[C@H](NS(=O)(=O)c2ccc(C)cc2)c2ccccc2)cc1.[CH3-].[CH3-].[Cl-].[Cl-].[Cl][Ru]([Cl])[Cl].[Cl][Ru][Cl].[Cl][Ru][Cl]. The van der Waals surface area contributed by atoms with Crippen LogP contribution in [-0.4, -0.2) is 66.2 Å². The van der Waals surface area contributed by atoms with E-state index in [2.05, 4.69) is 103 Å². The number of nitrogens with two attached hydrogens (primary N) is 2. The Morgan fingerprint density at radius 2 is 0.643 bits per heavy atom. The van der Waals surface area contributed by atoms with E-state index in [1.54, 1.807) is 57.7 Å². The summed E-state index contributed by atoms with van der Waals surface area (Å²) in [7, 11) is 28.1. The van der Waals surface area contributed by atoms with Crippen LogP contribution in [0.4, 0.5) is 0 Å². The van der Waals surface area contributed by atoms with E-state index >= 15 is 0 Å². The molecule has 691 valence electrons. The summed E-state index contributed by atoms with van der Waals surface area (Å²) in [5.41, 5.74) is 12.9. The van der Waals surface area contributed by atoms with Gasteiger partial charge in [-0.3, -0.25) is 0 Å². The number of rotatable bonds is 36. The van der Waals surface area contributed by atoms with Gasteiger partial charge in [0.05, 0.1) is 66.9 Å². The second-order valence-electron chi connectivity index (χ2n) is 28.1. The molecule has 0 unspecified atom stereocenters. The van der Waals surface area contributed by atoms with Crippen molar-refractivity contribution in [3.05, 3.63) is 403 Å². The third kappa shape index (κ3) is 41.5. The molecule has 30 heteroatoms. The Balaban J connectivity index is 0.000000595. The summed E-state index contributed by atoms with van der Waals surface area (Å²) in [6, 6.07) is 95.1. The van der Waals surface area contributed by atoms with Crippen LogP contribution in [-0.2, 0) is 90.9 Å². The Morgan fingerprint density at radius 1 is 0.365 bits per heavy atom. The molecule has 1 aliphatic carbocycles. The second-order valence-corrected chi connectivity index (χ2v) is 46.5. The van der Waals surface area contributed by atoms with E-state index in [9.17, 15) is 25.3 Å². The summed E-state index contributed by atoms with van der Waals surface area (Å²) in [4.78, 5) is 0.800. The van der Waals surface area contributed by atoms with Crippen molar-refractivity contribution in [2.24, 2.45) is 0 Å². The van der Waals surface area contributed by atoms with Gasteiger partial charge >= 0.3 is 111 Å². The van der Waals surface area contributed by atoms with Gasteiger partial charge in [-0.1, -0.05) is 278 Å². The molecule has 0 spiro atoms. The molecule has 6 atom stereocenters. The van der Waals surface area contributed by atoms with E-state index in [1.807, 2.05) is 227 Å². The first kappa shape index (κ1) is 116. The summed E-state index contributed by atoms with van der Waals surface area (Å²) < 4.78 is 106. The quantitative estimate of drug-likeness (QED) is 0.00946. The average Bonchev–Trinajstić information content (AvgIpc) is 0.807. The van der Waals surface area contributed by atoms with Crippen molar-refractivity contribution >= 4 is 97.9 Å². The summed E-state index contributed by atoms with van der Waals surface area (Å²) in [5.74, 6) is 2.73. The van der Waals surface area contributed by atoms with Gasteiger partial charge in [0, 0.05) is 30.4 Å². The molecule has 11 aromatic rings. The van der Waals surface area contributed by atoms with E-state index in [1.165, 1.54) is 16.7 Å². The van der Waals surface area contributed by atoms with Crippen LogP contribution in [0.1, 0.15) is 143 Å². The van der Waals surface area contributed by atoms with Crippen molar-refractivity contribution in [2.75, 3.05) is 41.0 Å². The zero-order valence-electron chi connectivity index (χ0n) is 70.8. The van der Waals surface area contributed by atoms with Gasteiger partial charge in [0.2, 0.25) is 30.1 Å². The van der Waals surface area contributed by atoms with E-state index in [4.69, 9.17) is 82.0 Å². The predicted molar refractivity (Wildman–Crippen MR) is 506 cm³/mol. The fraction of sp³-hybridized carbons (Fsp3) is 0.250. The number of benzene rings is 11. The van der Waals surface area contributed by atoms with Crippen LogP contribution in [0.15, 0.2) is 341 Å². The van der Waals surface area contributed by atoms with E-state index in [-0.39, 0.29) is 110 Å². The Hall–Kier alpha value is -5.61. The number of quaternary nitrogens is 2. The molecule has 126 heavy (non-hydrogen) atoms. The molecule has 0 saturated heterocycles. The standard InChI is InChI=1S/C31H36N2O3S.2C31H34N2O3S.CH4.2CH3.9ClH.3Ru/c3*1-24-15-21-29(22-16-24)37(34,35)33-31(27-13-7-4-8-14-27)30(26-11-5-3-6-12-26)32-23-9-10-25-17-19-28(36-2)20-18-25;;;;;;;;;;;;;;;/h3-8,11-17,20-22,30-33H,9-10,18-19,23H2,1-2H3;2*3-8,11-22,30-33H,9-10,23H2,1-2H3;1H4;2*1H3;9*1H;;;/q;;;;2*-1;;;;;;;;;;2*+2;+3/p-7/t3*30-,31-;;;;;;;;;;;;;;;/m111.............../s1. The summed E-state index contributed by atoms with van der Waals surface area (Å²) in [6.45, 7) is 8.30. The van der Waals surface area contributed by atoms with Crippen LogP contribution in [0.25, 0.3) is 0 Å². The molecule has 0 radical (unpaired) electrons. The molecular weight excluding hydrogens is 2100 g/mol. The molecule has 0 aromatic heterocycles. The number of hydrogen-bond acceptors (Lipinski definition) is 10. The van der Waals surface area contributed by atoms with Gasteiger partial charge < -0.3 is 69.8 Å². The number of aryl methyl sites for hydroxylation is 5. The number of halogens is 9. The zero-order valence-corrected chi connectivity index (χ0v) is 85.2. The Labute approximate surface area is 812 Å². The number of hydrogen-bond donors (Lipinski definition) is 6. The first-order chi connectivity index (χ1) is 58.4. The molecule has 1 aliphatic rings. The number of methoxy groups -OCH3 is 3. The molecule has 0 aliphatic heterocycles. The van der Waals surface area contributed by atoms with Gasteiger partial charge in [-0.05, 0) is 160 Å². The van der Waals surface area contributed by atoms with Crippen molar-refractivity contribution < 1.29 is 118 Å². The number of ether oxygens (including phenoxy) is 3. The van der Waals surface area contributed by atoms with Gasteiger partial charge in [0.25, 0.3) is 0 Å². The molecule has 0 bridgehead atoms. The van der Waals surface area contributed by atoms with Crippen molar-refractivity contribution in [2.45, 2.75) is 131 Å². The second kappa shape index (κ2) is 64.2. The first-order valence-electron chi connectivity index (χ1n) is 39.0. The molecule has 0 fully saturated rings. The van der Waals surface area contributed by atoms with E-state index in [0.717, 1.165) is 138 Å². The van der Waals surface area contributed by atoms with Crippen LogP contribution in [0.5, 0.6) is 11.5 Å². The third-order valence-corrected chi connectivity index (χ3v) is 24.2. The van der Waals surface area contributed by atoms with Crippen LogP contribution in [0, 0.1) is 35.6 Å². The van der Waals surface area contributed by atoms with Crippen molar-refractivity contribution in [3.8, 4) is 11.5 Å². The predicted octanol–water partition coefficient (Wildman–Crippen LogP) is 16.7. The Bertz CT molecular complexity index is 4940. The van der Waals surface area contributed by atoms with Crippen molar-refractivity contribution in [1.29, 1.82) is 0 Å². The number of sulfonamides is 3. The Morgan fingerprint density at radius 3 is 0.921 bits per heavy atom. The van der Waals surface area contributed by atoms with E-state index in [0.29, 0.717) is 0 Å². The topological polar surface area (TPSA) is 211 Å². The normalized spacial score (nSPS) is 12.9. The molecule has 15 nitrogen and oxygen atoms in total. The summed E-state index contributed by atoms with van der Waals surface area (Å²) in [5, 5.41) is 8.20. The minimum absolute atomic E-state index is 0. The van der Waals surface area contributed by atoms with Gasteiger partial charge in [0.1, 0.15) is 35.7 Å². The van der Waals surface area contributed by atoms with Crippen LogP contribution < -0.4 is 64.4 Å². The van der Waals surface area contributed by atoms with Gasteiger partial charge in [-0.2, -0.15) is 9.44 Å². The van der Waals surface area contributed by atoms with E-state index < -0.39 is 61.2 Å². The molecular formula is C96H116Cl9N6O9Ru3S3-2. The fourth-order valence-electron chi connectivity index (χ4n) is 13.6. The number of allylic oxidation sites excluding steroid dienone is 3. The maximum atomic E-state index is 13.5. The maximum absolute atomic E-state index is 13.5. The molecule has 0 saturated carbocycles. The van der Waals surface area contributed by atoms with Gasteiger partial charge in [-0.25, -0.2) is 30.0 Å². The summed E-state index contributed by atoms with van der Waals surface area (Å²) in [6.07, 6.45) is 11.9. The molecule has 11 aromatic carbocycles. The summed E-state index contributed by atoms with van der Waals surface area (Å²) >= 11 is -2.44. The van der Waals surface area contributed by atoms with Crippen molar-refractivity contribution in [3.63, 3.8) is 0 Å². The minimum atomic E-state index is -3.75. The van der Waals surface area contributed by atoms with Crippen molar-refractivity contribution in [1.82, 2.24) is 19.5 Å². The third-order valence-electron chi connectivity index (χ3n) is 19.9. The average molecular weight is 2220 g/mol. The molecule has 0 amide bonds. The zero-order chi connectivity index (χ0) is 87.3. The monoisotopic (exact) mass is 2210 g/mol. The molecule has 0 heterocycles. The number of nitrogens with one attached hydrogen (secondary N) is 4. The van der Waals surface area contributed by atoms with Crippen LogP contribution in [0.3, 0.4) is 0 Å². The molecule has 8 N–H and O–H groups in total. The fourth-order valence-corrected chi connectivity index (χ4v) is 17.4. The van der Waals surface area contributed by atoms with Crippen LogP contribution >= 0.6 is 67.8 Å². The Kier molecular flexibility index (Phi) is 59.4. The van der Waals surface area contributed by atoms with Crippen LogP contribution in [0.2, 0.25) is 0 Å².